The van der Waals surface area contributed by atoms with Crippen LogP contribution in [0.3, 0.4) is 0 Å². The third-order valence-corrected chi connectivity index (χ3v) is 7.82. The van der Waals surface area contributed by atoms with Crippen molar-refractivity contribution in [3.63, 3.8) is 0 Å². The molecule has 0 spiro atoms. The van der Waals surface area contributed by atoms with Gasteiger partial charge in [-0.1, -0.05) is 44.2 Å². The van der Waals surface area contributed by atoms with E-state index in [2.05, 4.69) is 22.5 Å². The van der Waals surface area contributed by atoms with Crippen LogP contribution in [0.1, 0.15) is 43.9 Å². The fourth-order valence-corrected chi connectivity index (χ4v) is 5.24. The van der Waals surface area contributed by atoms with Gasteiger partial charge in [0.2, 0.25) is 17.7 Å². The van der Waals surface area contributed by atoms with Crippen LogP contribution in [-0.4, -0.2) is 57.8 Å². The van der Waals surface area contributed by atoms with Gasteiger partial charge in [0.1, 0.15) is 6.04 Å². The van der Waals surface area contributed by atoms with E-state index in [0.29, 0.717) is 18.2 Å². The van der Waals surface area contributed by atoms with Crippen molar-refractivity contribution < 1.29 is 14.4 Å². The van der Waals surface area contributed by atoms with Crippen LogP contribution in [0.25, 0.3) is 0 Å². The molecule has 3 aromatic rings. The zero-order valence-corrected chi connectivity index (χ0v) is 22.7. The van der Waals surface area contributed by atoms with E-state index in [1.807, 2.05) is 52.1 Å². The minimum atomic E-state index is -0.585. The molecule has 1 saturated heterocycles. The number of amides is 3. The number of aromatic nitrogens is 2. The maximum absolute atomic E-state index is 13.7. The number of nitrogens with one attached hydrogen (secondary N) is 2. The first-order valence-electron chi connectivity index (χ1n) is 13.0. The van der Waals surface area contributed by atoms with Gasteiger partial charge in [-0.3, -0.25) is 14.4 Å². The standard InChI is InChI=1S/C28H36N6O3S/c1-19-8-11-33(12-9-19)28(37)25(22-6-4-3-5-7-22)34-16-24(31-18-34)32-27(36)23(14-21-10-13-38-17-21)30-15-20(2)26(29)35/h3-7,10,13,16-20,23,25,30H,8-9,11-12,14-15H2,1-2H3,(H2,29,35)(H,32,36)/t20?,23-,25-/m1/s1. The van der Waals surface area contributed by atoms with Crippen molar-refractivity contribution in [3.8, 4) is 0 Å². The van der Waals surface area contributed by atoms with Gasteiger partial charge < -0.3 is 25.8 Å². The van der Waals surface area contributed by atoms with Gasteiger partial charge in [0.05, 0.1) is 12.4 Å². The highest BCUT2D eigenvalue weighted by Crippen LogP contribution is 2.26. The Hall–Kier alpha value is -3.50. The number of piperidine rings is 1. The SMILES string of the molecule is CC1CCN(C(=O)[C@@H](c2ccccc2)n2cnc(NC(=O)[C@@H](Cc3ccsc3)NCC(C)C(N)=O)c2)CC1. The quantitative estimate of drug-likeness (QED) is 0.348. The van der Waals surface area contributed by atoms with Gasteiger partial charge in [0.25, 0.3) is 0 Å². The zero-order chi connectivity index (χ0) is 27.1. The molecule has 202 valence electrons. The number of hydrogen-bond donors (Lipinski definition) is 3. The molecular weight excluding hydrogens is 500 g/mol. The number of benzene rings is 1. The highest BCUT2D eigenvalue weighted by Gasteiger charge is 2.30. The van der Waals surface area contributed by atoms with E-state index in [1.54, 1.807) is 35.4 Å². The fourth-order valence-electron chi connectivity index (χ4n) is 4.56. The summed E-state index contributed by atoms with van der Waals surface area (Å²) in [4.78, 5) is 44.8. The Balaban J connectivity index is 1.51. The lowest BCUT2D eigenvalue weighted by atomic mass is 9.97. The molecule has 10 heteroatoms. The van der Waals surface area contributed by atoms with Crippen LogP contribution in [-0.2, 0) is 20.8 Å². The van der Waals surface area contributed by atoms with Gasteiger partial charge in [0.15, 0.2) is 5.82 Å². The fraction of sp³-hybridized carbons (Fsp3) is 0.429. The van der Waals surface area contributed by atoms with Crippen molar-refractivity contribution in [2.24, 2.45) is 17.6 Å². The van der Waals surface area contributed by atoms with Gasteiger partial charge in [-0.25, -0.2) is 4.98 Å². The molecule has 1 aliphatic heterocycles. The third kappa shape index (κ3) is 7.08. The van der Waals surface area contributed by atoms with Crippen LogP contribution in [0.4, 0.5) is 5.82 Å². The summed E-state index contributed by atoms with van der Waals surface area (Å²) in [5.74, 6) is -0.114. The molecular formula is C28H36N6O3S. The lowest BCUT2D eigenvalue weighted by molar-refractivity contribution is -0.135. The summed E-state index contributed by atoms with van der Waals surface area (Å²) in [5, 5.41) is 10.0. The Bertz CT molecular complexity index is 1200. The average molecular weight is 537 g/mol. The van der Waals surface area contributed by atoms with Crippen molar-refractivity contribution >= 4 is 34.9 Å². The van der Waals surface area contributed by atoms with Crippen LogP contribution in [0, 0.1) is 11.8 Å². The summed E-state index contributed by atoms with van der Waals surface area (Å²) in [6.45, 7) is 5.70. The summed E-state index contributed by atoms with van der Waals surface area (Å²) in [6.07, 6.45) is 5.73. The number of anilines is 1. The second-order valence-electron chi connectivity index (χ2n) is 10.1. The number of nitrogens with zero attached hydrogens (tertiary/aromatic N) is 3. The minimum absolute atomic E-state index is 0.0239. The lowest BCUT2D eigenvalue weighted by Gasteiger charge is -2.33. The van der Waals surface area contributed by atoms with Crippen LogP contribution >= 0.6 is 11.3 Å². The lowest BCUT2D eigenvalue weighted by Crippen LogP contribution is -2.45. The number of nitrogens with two attached hydrogens (primary N) is 1. The molecule has 2 aromatic heterocycles. The van der Waals surface area contributed by atoms with Crippen molar-refractivity contribution in [1.82, 2.24) is 19.8 Å². The van der Waals surface area contributed by atoms with E-state index in [-0.39, 0.29) is 18.4 Å². The van der Waals surface area contributed by atoms with Gasteiger partial charge in [0, 0.05) is 31.7 Å². The Morgan fingerprint density at radius 2 is 1.89 bits per heavy atom. The summed E-state index contributed by atoms with van der Waals surface area (Å²) >= 11 is 1.56. The van der Waals surface area contributed by atoms with Gasteiger partial charge in [-0.15, -0.1) is 0 Å². The largest absolute Gasteiger partial charge is 0.369 e. The first-order chi connectivity index (χ1) is 18.3. The Morgan fingerprint density at radius 3 is 2.55 bits per heavy atom. The smallest absolute Gasteiger partial charge is 0.250 e. The third-order valence-electron chi connectivity index (χ3n) is 7.09. The first-order valence-corrected chi connectivity index (χ1v) is 14.0. The van der Waals surface area contributed by atoms with Crippen LogP contribution < -0.4 is 16.4 Å². The van der Waals surface area contributed by atoms with E-state index in [4.69, 9.17) is 5.73 Å². The maximum atomic E-state index is 13.7. The monoisotopic (exact) mass is 536 g/mol. The topological polar surface area (TPSA) is 122 Å². The predicted octanol–water partition coefficient (Wildman–Crippen LogP) is 3.05. The number of carbonyl (C=O) groups excluding carboxylic acids is 3. The average Bonchev–Trinajstić information content (AvgIpc) is 3.60. The highest BCUT2D eigenvalue weighted by atomic mass is 32.1. The molecule has 4 rings (SSSR count). The second kappa shape index (κ2) is 12.8. The molecule has 1 aliphatic rings. The molecule has 0 aliphatic carbocycles. The van der Waals surface area contributed by atoms with Crippen molar-refractivity contribution in [2.75, 3.05) is 25.0 Å². The van der Waals surface area contributed by atoms with Gasteiger partial charge >= 0.3 is 0 Å². The number of likely N-dealkylation sites (tertiary alicyclic amines) is 1. The van der Waals surface area contributed by atoms with Crippen molar-refractivity contribution in [1.29, 1.82) is 0 Å². The molecule has 1 unspecified atom stereocenters. The van der Waals surface area contributed by atoms with E-state index < -0.39 is 23.9 Å². The molecule has 3 heterocycles. The van der Waals surface area contributed by atoms with E-state index in [1.165, 1.54) is 0 Å². The Labute approximate surface area is 227 Å². The second-order valence-corrected chi connectivity index (χ2v) is 10.9. The first kappa shape index (κ1) is 27.5. The summed E-state index contributed by atoms with van der Waals surface area (Å²) < 4.78 is 1.77. The Kier molecular flexibility index (Phi) is 9.30. The molecule has 9 nitrogen and oxygen atoms in total. The number of hydrogen-bond acceptors (Lipinski definition) is 6. The number of thiophene rings is 1. The molecule has 0 saturated carbocycles. The number of primary amides is 1. The summed E-state index contributed by atoms with van der Waals surface area (Å²) in [6, 6.07) is 10.4. The highest BCUT2D eigenvalue weighted by molar-refractivity contribution is 7.07. The molecule has 0 radical (unpaired) electrons. The van der Waals surface area contributed by atoms with E-state index >= 15 is 0 Å². The molecule has 1 fully saturated rings. The normalized spacial score (nSPS) is 16.5. The van der Waals surface area contributed by atoms with Crippen LogP contribution in [0.2, 0.25) is 0 Å². The maximum Gasteiger partial charge on any atom is 0.250 e. The molecule has 0 bridgehead atoms. The van der Waals surface area contributed by atoms with Gasteiger partial charge in [-0.05, 0) is 53.1 Å². The van der Waals surface area contributed by atoms with Gasteiger partial charge in [-0.2, -0.15) is 11.3 Å². The molecule has 3 atom stereocenters. The zero-order valence-electron chi connectivity index (χ0n) is 21.9. The minimum Gasteiger partial charge on any atom is -0.369 e. The Morgan fingerprint density at radius 1 is 1.16 bits per heavy atom. The van der Waals surface area contributed by atoms with Crippen LogP contribution in [0.15, 0.2) is 59.7 Å². The number of carbonyl (C=O) groups is 3. The molecule has 1 aromatic carbocycles. The van der Waals surface area contributed by atoms with E-state index in [9.17, 15) is 14.4 Å². The number of rotatable bonds is 11. The molecule has 38 heavy (non-hydrogen) atoms. The van der Waals surface area contributed by atoms with Crippen LogP contribution in [0.5, 0.6) is 0 Å². The molecule has 3 amide bonds. The molecule has 4 N–H and O–H groups in total. The predicted molar refractivity (Wildman–Crippen MR) is 149 cm³/mol. The van der Waals surface area contributed by atoms with Crippen molar-refractivity contribution in [2.45, 2.75) is 45.2 Å². The number of imidazole rings is 1. The van der Waals surface area contributed by atoms with Crippen molar-refractivity contribution in [3.05, 3.63) is 70.8 Å². The summed E-state index contributed by atoms with van der Waals surface area (Å²) in [7, 11) is 0. The summed E-state index contributed by atoms with van der Waals surface area (Å²) in [5.41, 5.74) is 7.28. The van der Waals surface area contributed by atoms with E-state index in [0.717, 1.165) is 37.1 Å².